The normalized spacial score (nSPS) is 10.3. The van der Waals surface area contributed by atoms with E-state index in [0.29, 0.717) is 22.4 Å². The zero-order chi connectivity index (χ0) is 13.7. The van der Waals surface area contributed by atoms with Crippen LogP contribution in [0, 0.1) is 0 Å². The molecule has 0 fully saturated rings. The first-order valence-corrected chi connectivity index (χ1v) is 6.72. The van der Waals surface area contributed by atoms with Crippen LogP contribution in [-0.4, -0.2) is 11.5 Å². The Hall–Kier alpha value is -1.45. The molecule has 0 bridgehead atoms. The molecule has 1 aromatic heterocycles. The fourth-order valence-corrected chi connectivity index (χ4v) is 1.90. The van der Waals surface area contributed by atoms with Crippen molar-refractivity contribution in [2.75, 3.05) is 11.9 Å². The smallest absolute Gasteiger partial charge is 0.132 e. The van der Waals surface area contributed by atoms with Crippen LogP contribution in [0.5, 0.6) is 5.75 Å². The van der Waals surface area contributed by atoms with Crippen LogP contribution in [0.3, 0.4) is 0 Å². The molecule has 1 N–H and O–H groups in total. The maximum atomic E-state index is 5.94. The molecule has 2 aromatic rings. The average Bonchev–Trinajstić information content (AvgIpc) is 2.42. The Morgan fingerprint density at radius 3 is 2.79 bits per heavy atom. The first-order valence-electron chi connectivity index (χ1n) is 5.96. The molecule has 2 rings (SSSR count). The predicted octanol–water partition coefficient (Wildman–Crippen LogP) is 4.40. The van der Waals surface area contributed by atoms with E-state index in [2.05, 4.69) is 10.3 Å². The molecular weight excluding hydrogens is 283 g/mol. The van der Waals surface area contributed by atoms with Gasteiger partial charge in [0.25, 0.3) is 0 Å². The standard InChI is InChI=1S/C14H14Cl2N2O/c1-2-17-14-10(4-3-7-18-14)9-19-11-5-6-12(15)13(16)8-11/h3-8H,2,9H2,1H3,(H,17,18). The van der Waals surface area contributed by atoms with E-state index < -0.39 is 0 Å². The van der Waals surface area contributed by atoms with Crippen molar-refractivity contribution in [2.45, 2.75) is 13.5 Å². The first-order chi connectivity index (χ1) is 9.20. The molecule has 1 aromatic carbocycles. The Bertz CT molecular complexity index is 561. The number of aromatic nitrogens is 1. The zero-order valence-corrected chi connectivity index (χ0v) is 12.0. The predicted molar refractivity (Wildman–Crippen MR) is 79.2 cm³/mol. The lowest BCUT2D eigenvalue weighted by Crippen LogP contribution is -2.05. The van der Waals surface area contributed by atoms with Gasteiger partial charge in [0.1, 0.15) is 18.2 Å². The summed E-state index contributed by atoms with van der Waals surface area (Å²) in [5, 5.41) is 4.20. The third kappa shape index (κ3) is 3.75. The molecule has 0 unspecified atom stereocenters. The molecule has 1 heterocycles. The number of ether oxygens (including phenoxy) is 1. The van der Waals surface area contributed by atoms with Crippen molar-refractivity contribution < 1.29 is 4.74 Å². The van der Waals surface area contributed by atoms with Gasteiger partial charge in [-0.3, -0.25) is 0 Å². The summed E-state index contributed by atoms with van der Waals surface area (Å²) < 4.78 is 5.69. The maximum Gasteiger partial charge on any atom is 0.132 e. The van der Waals surface area contributed by atoms with Crippen LogP contribution in [0.2, 0.25) is 10.0 Å². The van der Waals surface area contributed by atoms with Crippen molar-refractivity contribution >= 4 is 29.0 Å². The summed E-state index contributed by atoms with van der Waals surface area (Å²) in [6.07, 6.45) is 1.75. The van der Waals surface area contributed by atoms with Gasteiger partial charge in [0.05, 0.1) is 10.0 Å². The van der Waals surface area contributed by atoms with E-state index in [0.717, 1.165) is 17.9 Å². The third-order valence-electron chi connectivity index (χ3n) is 2.52. The minimum atomic E-state index is 0.425. The van der Waals surface area contributed by atoms with Gasteiger partial charge in [-0.15, -0.1) is 0 Å². The minimum Gasteiger partial charge on any atom is -0.489 e. The van der Waals surface area contributed by atoms with Gasteiger partial charge in [0, 0.05) is 24.4 Å². The van der Waals surface area contributed by atoms with E-state index in [1.54, 1.807) is 24.4 Å². The Morgan fingerprint density at radius 1 is 1.21 bits per heavy atom. The van der Waals surface area contributed by atoms with Gasteiger partial charge in [-0.05, 0) is 25.1 Å². The van der Waals surface area contributed by atoms with E-state index in [-0.39, 0.29) is 0 Å². The van der Waals surface area contributed by atoms with Crippen LogP contribution in [0.25, 0.3) is 0 Å². The molecule has 0 saturated carbocycles. The average molecular weight is 297 g/mol. The summed E-state index contributed by atoms with van der Waals surface area (Å²) in [6, 6.07) is 9.06. The topological polar surface area (TPSA) is 34.2 Å². The fraction of sp³-hybridized carbons (Fsp3) is 0.214. The number of pyridine rings is 1. The van der Waals surface area contributed by atoms with Crippen molar-refractivity contribution in [3.8, 4) is 5.75 Å². The van der Waals surface area contributed by atoms with E-state index in [1.165, 1.54) is 0 Å². The second-order valence-electron chi connectivity index (χ2n) is 3.91. The highest BCUT2D eigenvalue weighted by molar-refractivity contribution is 6.42. The highest BCUT2D eigenvalue weighted by Gasteiger charge is 2.04. The molecule has 19 heavy (non-hydrogen) atoms. The third-order valence-corrected chi connectivity index (χ3v) is 3.26. The molecule has 0 atom stereocenters. The van der Waals surface area contributed by atoms with E-state index in [9.17, 15) is 0 Å². The number of hydrogen-bond donors (Lipinski definition) is 1. The summed E-state index contributed by atoms with van der Waals surface area (Å²) in [5.41, 5.74) is 0.996. The maximum absolute atomic E-state index is 5.94. The molecule has 3 nitrogen and oxygen atoms in total. The molecule has 0 aliphatic heterocycles. The Kier molecular flexibility index (Phi) is 4.88. The van der Waals surface area contributed by atoms with Crippen molar-refractivity contribution in [2.24, 2.45) is 0 Å². The molecule has 100 valence electrons. The summed E-state index contributed by atoms with van der Waals surface area (Å²) in [4.78, 5) is 4.27. The quantitative estimate of drug-likeness (QED) is 0.888. The van der Waals surface area contributed by atoms with Crippen LogP contribution in [0.4, 0.5) is 5.82 Å². The summed E-state index contributed by atoms with van der Waals surface area (Å²) >= 11 is 11.8. The molecule has 5 heteroatoms. The monoisotopic (exact) mass is 296 g/mol. The van der Waals surface area contributed by atoms with Crippen LogP contribution < -0.4 is 10.1 Å². The molecule has 0 spiro atoms. The zero-order valence-electron chi connectivity index (χ0n) is 10.5. The van der Waals surface area contributed by atoms with Crippen LogP contribution in [-0.2, 0) is 6.61 Å². The van der Waals surface area contributed by atoms with Crippen molar-refractivity contribution in [3.63, 3.8) is 0 Å². The number of anilines is 1. The SMILES string of the molecule is CCNc1ncccc1COc1ccc(Cl)c(Cl)c1. The van der Waals surface area contributed by atoms with Gasteiger partial charge in [-0.2, -0.15) is 0 Å². The summed E-state index contributed by atoms with van der Waals surface area (Å²) in [6.45, 7) is 3.27. The van der Waals surface area contributed by atoms with Crippen LogP contribution in [0.15, 0.2) is 36.5 Å². The molecule has 0 saturated heterocycles. The van der Waals surface area contributed by atoms with Gasteiger partial charge in [-0.25, -0.2) is 4.98 Å². The lowest BCUT2D eigenvalue weighted by atomic mass is 10.2. The van der Waals surface area contributed by atoms with E-state index in [1.807, 2.05) is 19.1 Å². The molecule has 0 amide bonds. The van der Waals surface area contributed by atoms with Crippen molar-refractivity contribution in [3.05, 3.63) is 52.1 Å². The second-order valence-corrected chi connectivity index (χ2v) is 4.72. The van der Waals surface area contributed by atoms with Crippen molar-refractivity contribution in [1.29, 1.82) is 0 Å². The lowest BCUT2D eigenvalue weighted by molar-refractivity contribution is 0.306. The largest absolute Gasteiger partial charge is 0.489 e. The number of benzene rings is 1. The van der Waals surface area contributed by atoms with E-state index >= 15 is 0 Å². The van der Waals surface area contributed by atoms with Gasteiger partial charge in [0.2, 0.25) is 0 Å². The number of halogens is 2. The highest BCUT2D eigenvalue weighted by atomic mass is 35.5. The number of nitrogens with one attached hydrogen (secondary N) is 1. The molecular formula is C14H14Cl2N2O. The van der Waals surface area contributed by atoms with E-state index in [4.69, 9.17) is 27.9 Å². The second kappa shape index (κ2) is 6.64. The number of rotatable bonds is 5. The first kappa shape index (κ1) is 14.0. The Labute approximate surface area is 122 Å². The Balaban J connectivity index is 2.07. The molecule has 0 radical (unpaired) electrons. The molecule has 0 aliphatic rings. The Morgan fingerprint density at radius 2 is 2.05 bits per heavy atom. The van der Waals surface area contributed by atoms with Gasteiger partial charge >= 0.3 is 0 Å². The fourth-order valence-electron chi connectivity index (χ4n) is 1.61. The number of nitrogens with zero attached hydrogens (tertiary/aromatic N) is 1. The van der Waals surface area contributed by atoms with Crippen LogP contribution in [0.1, 0.15) is 12.5 Å². The minimum absolute atomic E-state index is 0.425. The highest BCUT2D eigenvalue weighted by Crippen LogP contribution is 2.27. The van der Waals surface area contributed by atoms with Gasteiger partial charge in [-0.1, -0.05) is 29.3 Å². The van der Waals surface area contributed by atoms with Gasteiger partial charge in [0.15, 0.2) is 0 Å². The van der Waals surface area contributed by atoms with Gasteiger partial charge < -0.3 is 10.1 Å². The van der Waals surface area contributed by atoms with Crippen molar-refractivity contribution in [1.82, 2.24) is 4.98 Å². The van der Waals surface area contributed by atoms with Crippen LogP contribution >= 0.6 is 23.2 Å². The number of hydrogen-bond acceptors (Lipinski definition) is 3. The summed E-state index contributed by atoms with van der Waals surface area (Å²) in [7, 11) is 0. The molecule has 0 aliphatic carbocycles. The lowest BCUT2D eigenvalue weighted by Gasteiger charge is -2.11. The summed E-state index contributed by atoms with van der Waals surface area (Å²) in [5.74, 6) is 1.52.